The molecular formula is C17H15BrCl2N2OS. The summed E-state index contributed by atoms with van der Waals surface area (Å²) in [6.45, 7) is 4.17. The summed E-state index contributed by atoms with van der Waals surface area (Å²) in [6.07, 6.45) is 0. The van der Waals surface area contributed by atoms with Crippen molar-refractivity contribution in [1.29, 1.82) is 0 Å². The van der Waals surface area contributed by atoms with E-state index < -0.39 is 5.91 Å². The Bertz CT molecular complexity index is 796. The van der Waals surface area contributed by atoms with Crippen molar-refractivity contribution in [2.75, 3.05) is 5.32 Å². The highest BCUT2D eigenvalue weighted by atomic mass is 79.9. The summed E-state index contributed by atoms with van der Waals surface area (Å²) in [7, 11) is 0. The molecule has 0 atom stereocenters. The van der Waals surface area contributed by atoms with E-state index in [1.54, 1.807) is 12.1 Å². The Balaban J connectivity index is 2.12. The SMILES string of the molecule is CC(C)c1cc(Br)ccc1NC(=S)NC(=O)c1ccc(Cl)cc1Cl. The van der Waals surface area contributed by atoms with Crippen LogP contribution in [-0.2, 0) is 0 Å². The van der Waals surface area contributed by atoms with E-state index in [-0.39, 0.29) is 10.1 Å². The fourth-order valence-corrected chi connectivity index (χ4v) is 3.20. The molecule has 2 N–H and O–H groups in total. The first-order chi connectivity index (χ1) is 11.3. The van der Waals surface area contributed by atoms with Crippen LogP contribution in [-0.4, -0.2) is 11.0 Å². The van der Waals surface area contributed by atoms with Gasteiger partial charge in [-0.15, -0.1) is 0 Å². The van der Waals surface area contributed by atoms with Crippen LogP contribution in [0.3, 0.4) is 0 Å². The lowest BCUT2D eigenvalue weighted by atomic mass is 10.0. The molecule has 24 heavy (non-hydrogen) atoms. The number of amides is 1. The Morgan fingerprint density at radius 2 is 1.88 bits per heavy atom. The standard InChI is InChI=1S/C17H15BrCl2N2OS/c1-9(2)13-7-10(18)3-6-15(13)21-17(24)22-16(23)12-5-4-11(19)8-14(12)20/h3-9H,1-2H3,(H2,21,22,23,24). The van der Waals surface area contributed by atoms with Crippen molar-refractivity contribution < 1.29 is 4.79 Å². The average Bonchev–Trinajstić information content (AvgIpc) is 2.48. The summed E-state index contributed by atoms with van der Waals surface area (Å²) < 4.78 is 0.986. The first-order valence-corrected chi connectivity index (χ1v) is 9.10. The Hall–Kier alpha value is -1.14. The van der Waals surface area contributed by atoms with Crippen LogP contribution in [0.25, 0.3) is 0 Å². The van der Waals surface area contributed by atoms with Gasteiger partial charge >= 0.3 is 0 Å². The molecule has 0 aliphatic carbocycles. The molecule has 2 rings (SSSR count). The number of carbonyl (C=O) groups excluding carboxylic acids is 1. The van der Waals surface area contributed by atoms with Crippen molar-refractivity contribution in [1.82, 2.24) is 5.32 Å². The molecule has 0 saturated heterocycles. The van der Waals surface area contributed by atoms with Gasteiger partial charge in [0.1, 0.15) is 0 Å². The van der Waals surface area contributed by atoms with Gasteiger partial charge in [-0.3, -0.25) is 10.1 Å². The molecule has 0 unspecified atom stereocenters. The van der Waals surface area contributed by atoms with Crippen molar-refractivity contribution in [3.8, 4) is 0 Å². The highest BCUT2D eigenvalue weighted by molar-refractivity contribution is 9.10. The van der Waals surface area contributed by atoms with Crippen LogP contribution in [0.2, 0.25) is 10.0 Å². The minimum absolute atomic E-state index is 0.204. The van der Waals surface area contributed by atoms with Gasteiger partial charge in [-0.1, -0.05) is 53.0 Å². The molecule has 0 heterocycles. The monoisotopic (exact) mass is 444 g/mol. The quantitative estimate of drug-likeness (QED) is 0.568. The number of carbonyl (C=O) groups is 1. The van der Waals surface area contributed by atoms with Crippen LogP contribution >= 0.6 is 51.3 Å². The fraction of sp³-hybridized carbons (Fsp3) is 0.176. The zero-order chi connectivity index (χ0) is 17.9. The third-order valence-corrected chi connectivity index (χ3v) is 4.53. The zero-order valence-corrected chi connectivity index (χ0v) is 16.9. The second kappa shape index (κ2) is 8.30. The predicted molar refractivity (Wildman–Crippen MR) is 108 cm³/mol. The number of thiocarbonyl (C=S) groups is 1. The lowest BCUT2D eigenvalue weighted by molar-refractivity contribution is 0.0978. The molecule has 0 fully saturated rings. The Morgan fingerprint density at radius 1 is 1.17 bits per heavy atom. The molecule has 0 aliphatic rings. The van der Waals surface area contributed by atoms with Gasteiger partial charge in [0.2, 0.25) is 0 Å². The van der Waals surface area contributed by atoms with Crippen molar-refractivity contribution >= 4 is 68.1 Å². The van der Waals surface area contributed by atoms with Crippen LogP contribution in [0.4, 0.5) is 5.69 Å². The molecule has 0 bridgehead atoms. The molecule has 126 valence electrons. The van der Waals surface area contributed by atoms with Gasteiger partial charge in [-0.25, -0.2) is 0 Å². The lowest BCUT2D eigenvalue weighted by Gasteiger charge is -2.16. The van der Waals surface area contributed by atoms with Crippen molar-refractivity contribution in [2.24, 2.45) is 0 Å². The number of nitrogens with one attached hydrogen (secondary N) is 2. The Labute approximate surface area is 164 Å². The van der Waals surface area contributed by atoms with E-state index in [2.05, 4.69) is 40.4 Å². The van der Waals surface area contributed by atoms with E-state index in [9.17, 15) is 4.79 Å². The van der Waals surface area contributed by atoms with Gasteiger partial charge in [0.05, 0.1) is 10.6 Å². The maximum atomic E-state index is 12.3. The maximum Gasteiger partial charge on any atom is 0.258 e. The minimum atomic E-state index is -0.391. The second-order valence-electron chi connectivity index (χ2n) is 5.42. The smallest absolute Gasteiger partial charge is 0.258 e. The van der Waals surface area contributed by atoms with Crippen LogP contribution < -0.4 is 10.6 Å². The largest absolute Gasteiger partial charge is 0.332 e. The average molecular weight is 446 g/mol. The van der Waals surface area contributed by atoms with E-state index in [0.717, 1.165) is 15.7 Å². The highest BCUT2D eigenvalue weighted by Crippen LogP contribution is 2.27. The van der Waals surface area contributed by atoms with Crippen LogP contribution in [0, 0.1) is 0 Å². The Morgan fingerprint density at radius 3 is 2.50 bits per heavy atom. The summed E-state index contributed by atoms with van der Waals surface area (Å²) >= 11 is 20.6. The molecule has 0 saturated carbocycles. The van der Waals surface area contributed by atoms with Crippen LogP contribution in [0.5, 0.6) is 0 Å². The number of hydrogen-bond donors (Lipinski definition) is 2. The van der Waals surface area contributed by atoms with Crippen LogP contribution in [0.1, 0.15) is 35.7 Å². The normalized spacial score (nSPS) is 10.6. The Kier molecular flexibility index (Phi) is 6.63. The van der Waals surface area contributed by atoms with E-state index in [1.165, 1.54) is 6.07 Å². The van der Waals surface area contributed by atoms with Crippen molar-refractivity contribution in [3.63, 3.8) is 0 Å². The zero-order valence-electron chi connectivity index (χ0n) is 13.0. The van der Waals surface area contributed by atoms with Gasteiger partial charge in [0.15, 0.2) is 5.11 Å². The van der Waals surface area contributed by atoms with Gasteiger partial charge in [-0.05, 0) is 60.1 Å². The summed E-state index contributed by atoms with van der Waals surface area (Å²) in [5, 5.41) is 6.63. The van der Waals surface area contributed by atoms with Gasteiger partial charge in [-0.2, -0.15) is 0 Å². The molecule has 3 nitrogen and oxygen atoms in total. The number of anilines is 1. The van der Waals surface area contributed by atoms with E-state index >= 15 is 0 Å². The topological polar surface area (TPSA) is 41.1 Å². The summed E-state index contributed by atoms with van der Waals surface area (Å²) in [5.74, 6) is -0.0911. The molecule has 2 aromatic carbocycles. The highest BCUT2D eigenvalue weighted by Gasteiger charge is 2.14. The summed E-state index contributed by atoms with van der Waals surface area (Å²) in [5.41, 5.74) is 2.25. The number of rotatable bonds is 3. The first-order valence-electron chi connectivity index (χ1n) is 7.14. The summed E-state index contributed by atoms with van der Waals surface area (Å²) in [6, 6.07) is 10.5. The molecule has 0 aromatic heterocycles. The molecule has 7 heteroatoms. The second-order valence-corrected chi connectivity index (χ2v) is 7.59. The van der Waals surface area contributed by atoms with E-state index in [4.69, 9.17) is 35.4 Å². The predicted octanol–water partition coefficient (Wildman–Crippen LogP) is 6.01. The third-order valence-electron chi connectivity index (χ3n) is 3.29. The molecule has 0 aliphatic heterocycles. The molecule has 2 aromatic rings. The fourth-order valence-electron chi connectivity index (χ4n) is 2.12. The van der Waals surface area contributed by atoms with Gasteiger partial charge in [0.25, 0.3) is 5.91 Å². The van der Waals surface area contributed by atoms with Gasteiger partial charge < -0.3 is 5.32 Å². The number of benzene rings is 2. The van der Waals surface area contributed by atoms with Crippen molar-refractivity contribution in [3.05, 3.63) is 62.0 Å². The first kappa shape index (κ1) is 19.2. The maximum absolute atomic E-state index is 12.3. The van der Waals surface area contributed by atoms with Crippen molar-refractivity contribution in [2.45, 2.75) is 19.8 Å². The van der Waals surface area contributed by atoms with Gasteiger partial charge in [0, 0.05) is 15.2 Å². The van der Waals surface area contributed by atoms with E-state index in [1.807, 2.05) is 18.2 Å². The molecule has 0 radical (unpaired) electrons. The number of hydrogen-bond acceptors (Lipinski definition) is 2. The van der Waals surface area contributed by atoms with E-state index in [0.29, 0.717) is 16.5 Å². The third kappa shape index (κ3) is 4.93. The molecule has 0 spiro atoms. The van der Waals surface area contributed by atoms with Crippen LogP contribution in [0.15, 0.2) is 40.9 Å². The lowest BCUT2D eigenvalue weighted by Crippen LogP contribution is -2.34. The minimum Gasteiger partial charge on any atom is -0.332 e. The molecular weight excluding hydrogens is 431 g/mol. The summed E-state index contributed by atoms with van der Waals surface area (Å²) in [4.78, 5) is 12.3. The number of halogens is 3. The molecule has 1 amide bonds.